The molecule has 4 nitrogen and oxygen atoms in total. The minimum Gasteiger partial charge on any atom is -0.454 e. The molecule has 0 aromatic heterocycles. The molecule has 0 aliphatic carbocycles. The van der Waals surface area contributed by atoms with Crippen molar-refractivity contribution in [2.45, 2.75) is 0 Å². The van der Waals surface area contributed by atoms with Crippen LogP contribution in [0.1, 0.15) is 0 Å². The molecular weight excluding hydrogens is 208 g/mol. The monoisotopic (exact) mass is 218 g/mol. The van der Waals surface area contributed by atoms with E-state index >= 15 is 0 Å². The third-order valence-electron chi connectivity index (χ3n) is 1.88. The van der Waals surface area contributed by atoms with E-state index in [0.717, 1.165) is 0 Å². The lowest BCUT2D eigenvalue weighted by Crippen LogP contribution is -1.92. The number of cyclic esters (lactones) is 1. The van der Waals surface area contributed by atoms with Crippen molar-refractivity contribution in [3.63, 3.8) is 0 Å². The highest BCUT2D eigenvalue weighted by atomic mass is 16.7. The van der Waals surface area contributed by atoms with Gasteiger partial charge in [-0.3, -0.25) is 0 Å². The van der Waals surface area contributed by atoms with E-state index < -0.39 is 5.97 Å². The van der Waals surface area contributed by atoms with Crippen molar-refractivity contribution >= 4 is 5.97 Å². The first-order valence-electron chi connectivity index (χ1n) is 4.75. The number of ether oxygens (including phenoxy) is 3. The lowest BCUT2D eigenvalue weighted by atomic mass is 10.3. The first-order chi connectivity index (χ1) is 7.86. The van der Waals surface area contributed by atoms with Gasteiger partial charge in [0.25, 0.3) is 0 Å². The number of rotatable bonds is 0. The van der Waals surface area contributed by atoms with E-state index in [2.05, 4.69) is 0 Å². The number of carbonyl (C=O) groups is 1. The van der Waals surface area contributed by atoms with Crippen LogP contribution in [0.15, 0.2) is 60.3 Å². The van der Waals surface area contributed by atoms with Gasteiger partial charge in [-0.05, 0) is 18.2 Å². The Morgan fingerprint density at radius 2 is 1.50 bits per heavy atom. The van der Waals surface area contributed by atoms with E-state index in [1.165, 1.54) is 12.3 Å². The summed E-state index contributed by atoms with van der Waals surface area (Å²) in [5, 5.41) is 0. The molecule has 16 heavy (non-hydrogen) atoms. The molecule has 2 heterocycles. The average molecular weight is 218 g/mol. The molecule has 0 saturated carbocycles. The number of hydrogen-bond acceptors (Lipinski definition) is 4. The zero-order valence-electron chi connectivity index (χ0n) is 8.46. The summed E-state index contributed by atoms with van der Waals surface area (Å²) in [6, 6.07) is 0. The normalized spacial score (nSPS) is 19.4. The van der Waals surface area contributed by atoms with Gasteiger partial charge in [-0.15, -0.1) is 0 Å². The maximum atomic E-state index is 11.0. The van der Waals surface area contributed by atoms with Gasteiger partial charge in [0.05, 0.1) is 6.26 Å². The van der Waals surface area contributed by atoms with Crippen LogP contribution in [0.5, 0.6) is 0 Å². The van der Waals surface area contributed by atoms with Crippen LogP contribution in [-0.2, 0) is 19.0 Å². The first-order valence-corrected chi connectivity index (χ1v) is 4.75. The van der Waals surface area contributed by atoms with Gasteiger partial charge in [0.1, 0.15) is 0 Å². The van der Waals surface area contributed by atoms with E-state index in [0.29, 0.717) is 11.5 Å². The largest absolute Gasteiger partial charge is 0.454 e. The lowest BCUT2D eigenvalue weighted by Gasteiger charge is -1.94. The molecule has 82 valence electrons. The molecule has 0 radical (unpaired) electrons. The second-order valence-corrected chi connectivity index (χ2v) is 2.98. The Bertz CT molecular complexity index is 424. The van der Waals surface area contributed by atoms with Crippen molar-refractivity contribution in [1.29, 1.82) is 0 Å². The molecule has 0 saturated heterocycles. The van der Waals surface area contributed by atoms with Crippen LogP contribution >= 0.6 is 0 Å². The van der Waals surface area contributed by atoms with Gasteiger partial charge in [0, 0.05) is 6.08 Å². The smallest absolute Gasteiger partial charge is 0.335 e. The summed E-state index contributed by atoms with van der Waals surface area (Å²) in [5.74, 6) is 0.872. The van der Waals surface area contributed by atoms with E-state index in [1.807, 2.05) is 0 Å². The lowest BCUT2D eigenvalue weighted by molar-refractivity contribution is -0.132. The molecule has 0 amide bonds. The van der Waals surface area contributed by atoms with Gasteiger partial charge in [-0.25, -0.2) is 4.79 Å². The van der Waals surface area contributed by atoms with Crippen LogP contribution in [0.25, 0.3) is 0 Å². The van der Waals surface area contributed by atoms with Crippen molar-refractivity contribution < 1.29 is 19.0 Å². The summed E-state index contributed by atoms with van der Waals surface area (Å²) in [6.07, 6.45) is 12.7. The van der Waals surface area contributed by atoms with Crippen LogP contribution < -0.4 is 0 Å². The summed E-state index contributed by atoms with van der Waals surface area (Å²) in [6.45, 7) is 0.211. The Balaban J connectivity index is 2.25. The van der Waals surface area contributed by atoms with Crippen LogP contribution in [-0.4, -0.2) is 12.8 Å². The molecule has 0 fully saturated rings. The molecule has 0 spiro atoms. The SMILES string of the molecule is O=C1C=CC=CC2=C(C=CC=CO1)OCO2. The quantitative estimate of drug-likeness (QED) is 0.583. The standard InChI is InChI=1S/C12H10O4/c13-12-7-2-1-5-10-11(16-9-15-10)6-3-4-8-14-12/h1-8H,9H2. The average Bonchev–Trinajstić information content (AvgIpc) is 2.70. The predicted octanol–water partition coefficient (Wildman–Crippen LogP) is 1.94. The molecule has 2 rings (SSSR count). The molecule has 0 aromatic rings. The molecule has 0 bridgehead atoms. The molecular formula is C12H10O4. The Kier molecular flexibility index (Phi) is 3.23. The van der Waals surface area contributed by atoms with Crippen LogP contribution in [0.3, 0.4) is 0 Å². The molecule has 4 heteroatoms. The van der Waals surface area contributed by atoms with Gasteiger partial charge in [-0.2, -0.15) is 0 Å². The van der Waals surface area contributed by atoms with Gasteiger partial charge in [0.2, 0.25) is 6.79 Å². The zero-order valence-corrected chi connectivity index (χ0v) is 8.46. The predicted molar refractivity (Wildman–Crippen MR) is 56.7 cm³/mol. The van der Waals surface area contributed by atoms with Crippen LogP contribution in [0.2, 0.25) is 0 Å². The summed E-state index contributed by atoms with van der Waals surface area (Å²) in [4.78, 5) is 11.0. The Morgan fingerprint density at radius 3 is 2.25 bits per heavy atom. The maximum Gasteiger partial charge on any atom is 0.335 e. The van der Waals surface area contributed by atoms with Crippen LogP contribution in [0, 0.1) is 0 Å². The number of esters is 1. The third kappa shape index (κ3) is 2.63. The Hall–Kier alpha value is -2.23. The highest BCUT2D eigenvalue weighted by molar-refractivity contribution is 5.82. The van der Waals surface area contributed by atoms with E-state index in [9.17, 15) is 4.79 Å². The zero-order chi connectivity index (χ0) is 11.2. The molecule has 0 aromatic carbocycles. The fraction of sp³-hybridized carbons (Fsp3) is 0.0833. The van der Waals surface area contributed by atoms with Gasteiger partial charge in [0.15, 0.2) is 11.5 Å². The topological polar surface area (TPSA) is 44.8 Å². The van der Waals surface area contributed by atoms with E-state index in [1.54, 1.807) is 36.5 Å². The fourth-order valence-electron chi connectivity index (χ4n) is 1.17. The van der Waals surface area contributed by atoms with Gasteiger partial charge < -0.3 is 14.2 Å². The second kappa shape index (κ2) is 5.02. The van der Waals surface area contributed by atoms with Crippen molar-refractivity contribution in [3.8, 4) is 0 Å². The minimum atomic E-state index is -0.423. The highest BCUT2D eigenvalue weighted by Crippen LogP contribution is 2.18. The first kappa shape index (κ1) is 10.3. The fourth-order valence-corrected chi connectivity index (χ4v) is 1.17. The maximum absolute atomic E-state index is 11.0. The number of allylic oxidation sites excluding steroid dienone is 6. The summed E-state index contributed by atoms with van der Waals surface area (Å²) in [5.41, 5.74) is 0. The summed E-state index contributed by atoms with van der Waals surface area (Å²) < 4.78 is 15.2. The molecule has 2 aliphatic rings. The van der Waals surface area contributed by atoms with E-state index in [4.69, 9.17) is 14.2 Å². The minimum absolute atomic E-state index is 0.211. The van der Waals surface area contributed by atoms with Crippen molar-refractivity contribution in [3.05, 3.63) is 60.3 Å². The summed E-state index contributed by atoms with van der Waals surface area (Å²) in [7, 11) is 0. The van der Waals surface area contributed by atoms with E-state index in [-0.39, 0.29) is 6.79 Å². The second-order valence-electron chi connectivity index (χ2n) is 2.98. The number of carbonyl (C=O) groups excluding carboxylic acids is 1. The van der Waals surface area contributed by atoms with Gasteiger partial charge in [-0.1, -0.05) is 18.2 Å². The third-order valence-corrected chi connectivity index (χ3v) is 1.88. The molecule has 2 aliphatic heterocycles. The van der Waals surface area contributed by atoms with Crippen molar-refractivity contribution in [2.75, 3.05) is 6.79 Å². The van der Waals surface area contributed by atoms with Crippen molar-refractivity contribution in [1.82, 2.24) is 0 Å². The Labute approximate surface area is 92.8 Å². The summed E-state index contributed by atoms with van der Waals surface area (Å²) >= 11 is 0. The van der Waals surface area contributed by atoms with Crippen LogP contribution in [0.4, 0.5) is 0 Å². The Morgan fingerprint density at radius 1 is 0.875 bits per heavy atom. The molecule has 0 unspecified atom stereocenters. The molecule has 0 N–H and O–H groups in total. The molecule has 0 atom stereocenters. The number of hydrogen-bond donors (Lipinski definition) is 0. The highest BCUT2D eigenvalue weighted by Gasteiger charge is 2.11. The van der Waals surface area contributed by atoms with Gasteiger partial charge >= 0.3 is 5.97 Å². The van der Waals surface area contributed by atoms with Crippen molar-refractivity contribution in [2.24, 2.45) is 0 Å².